The minimum atomic E-state index is 0.259. The van der Waals surface area contributed by atoms with E-state index in [9.17, 15) is 0 Å². The van der Waals surface area contributed by atoms with Crippen molar-refractivity contribution >= 4 is 17.6 Å². The van der Waals surface area contributed by atoms with E-state index in [1.165, 1.54) is 11.1 Å². The van der Waals surface area contributed by atoms with E-state index in [4.69, 9.17) is 5.41 Å². The van der Waals surface area contributed by atoms with Crippen molar-refractivity contribution in [3.05, 3.63) is 22.4 Å². The number of nitrogens with one attached hydrogen (secondary N) is 1. The summed E-state index contributed by atoms with van der Waals surface area (Å²) in [4.78, 5) is 3.57. The minimum Gasteiger partial charge on any atom is -0.311 e. The van der Waals surface area contributed by atoms with Gasteiger partial charge in [-0.3, -0.25) is 4.90 Å². The SMILES string of the molecule is N=CC(c1cccs1)N1CC1. The van der Waals surface area contributed by atoms with Gasteiger partial charge in [-0.2, -0.15) is 0 Å². The number of nitrogens with zero attached hydrogens (tertiary/aromatic N) is 1. The Morgan fingerprint density at radius 1 is 1.64 bits per heavy atom. The van der Waals surface area contributed by atoms with Crippen molar-refractivity contribution in [2.45, 2.75) is 6.04 Å². The molecule has 58 valence electrons. The fourth-order valence-electron chi connectivity index (χ4n) is 1.16. The highest BCUT2D eigenvalue weighted by atomic mass is 32.1. The third-order valence-electron chi connectivity index (χ3n) is 1.87. The first-order chi connectivity index (χ1) is 5.42. The molecule has 2 heterocycles. The number of hydrogen-bond acceptors (Lipinski definition) is 3. The van der Waals surface area contributed by atoms with Crippen LogP contribution in [0, 0.1) is 5.41 Å². The fraction of sp³-hybridized carbons (Fsp3) is 0.375. The van der Waals surface area contributed by atoms with E-state index in [1.807, 2.05) is 6.07 Å². The first-order valence-corrected chi connectivity index (χ1v) is 4.58. The van der Waals surface area contributed by atoms with Crippen molar-refractivity contribution in [3.63, 3.8) is 0 Å². The van der Waals surface area contributed by atoms with Crippen LogP contribution in [-0.4, -0.2) is 24.2 Å². The number of thiophene rings is 1. The molecule has 1 atom stereocenters. The molecule has 1 saturated heterocycles. The van der Waals surface area contributed by atoms with E-state index in [0.29, 0.717) is 0 Å². The molecule has 0 aliphatic carbocycles. The average molecular weight is 166 g/mol. The number of hydrogen-bond donors (Lipinski definition) is 1. The third-order valence-corrected chi connectivity index (χ3v) is 2.81. The lowest BCUT2D eigenvalue weighted by Gasteiger charge is -2.08. The summed E-state index contributed by atoms with van der Waals surface area (Å²) >= 11 is 1.73. The average Bonchev–Trinajstić information content (AvgIpc) is 2.68. The Bertz CT molecular complexity index is 239. The van der Waals surface area contributed by atoms with Crippen LogP contribution in [0.2, 0.25) is 0 Å². The molecular formula is C8H10N2S. The van der Waals surface area contributed by atoms with Gasteiger partial charge in [-0.05, 0) is 11.4 Å². The van der Waals surface area contributed by atoms with Gasteiger partial charge in [0.1, 0.15) is 0 Å². The summed E-state index contributed by atoms with van der Waals surface area (Å²) in [7, 11) is 0. The van der Waals surface area contributed by atoms with Crippen LogP contribution in [0.25, 0.3) is 0 Å². The molecule has 2 rings (SSSR count). The molecule has 1 aliphatic heterocycles. The second-order valence-corrected chi connectivity index (χ2v) is 3.64. The highest BCUT2D eigenvalue weighted by molar-refractivity contribution is 7.10. The highest BCUT2D eigenvalue weighted by Crippen LogP contribution is 2.27. The molecule has 0 spiro atoms. The van der Waals surface area contributed by atoms with Gasteiger partial charge in [0.2, 0.25) is 0 Å². The predicted octanol–water partition coefficient (Wildman–Crippen LogP) is 1.75. The molecule has 0 amide bonds. The largest absolute Gasteiger partial charge is 0.311 e. The zero-order chi connectivity index (χ0) is 7.68. The Morgan fingerprint density at radius 3 is 2.91 bits per heavy atom. The molecule has 0 radical (unpaired) electrons. The maximum absolute atomic E-state index is 7.25. The molecule has 2 nitrogen and oxygen atoms in total. The molecule has 1 aliphatic rings. The molecule has 0 saturated carbocycles. The fourth-order valence-corrected chi connectivity index (χ4v) is 1.99. The Kier molecular flexibility index (Phi) is 1.75. The van der Waals surface area contributed by atoms with E-state index < -0.39 is 0 Å². The van der Waals surface area contributed by atoms with E-state index in [0.717, 1.165) is 13.1 Å². The molecule has 0 bridgehead atoms. The Morgan fingerprint density at radius 2 is 2.45 bits per heavy atom. The van der Waals surface area contributed by atoms with E-state index in [-0.39, 0.29) is 6.04 Å². The summed E-state index contributed by atoms with van der Waals surface area (Å²) in [6.45, 7) is 2.30. The quantitative estimate of drug-likeness (QED) is 0.537. The maximum Gasteiger partial charge on any atom is 0.0793 e. The van der Waals surface area contributed by atoms with Gasteiger partial charge in [0.05, 0.1) is 6.04 Å². The van der Waals surface area contributed by atoms with E-state index in [1.54, 1.807) is 11.3 Å². The lowest BCUT2D eigenvalue weighted by atomic mass is 10.2. The van der Waals surface area contributed by atoms with Crippen molar-refractivity contribution in [1.29, 1.82) is 5.41 Å². The van der Waals surface area contributed by atoms with Crippen LogP contribution in [0.5, 0.6) is 0 Å². The second-order valence-electron chi connectivity index (χ2n) is 2.66. The standard InChI is InChI=1S/C8H10N2S/c9-6-7(10-3-4-10)8-2-1-5-11-8/h1-2,5-7,9H,3-4H2. The summed E-state index contributed by atoms with van der Waals surface area (Å²) < 4.78 is 0. The topological polar surface area (TPSA) is 26.9 Å². The molecule has 1 aromatic heterocycles. The first-order valence-electron chi connectivity index (χ1n) is 3.70. The van der Waals surface area contributed by atoms with Gasteiger partial charge in [-0.15, -0.1) is 11.3 Å². The van der Waals surface area contributed by atoms with Crippen LogP contribution in [0.4, 0.5) is 0 Å². The lowest BCUT2D eigenvalue weighted by Crippen LogP contribution is -2.08. The minimum absolute atomic E-state index is 0.259. The molecule has 1 N–H and O–H groups in total. The molecule has 0 aromatic carbocycles. The lowest BCUT2D eigenvalue weighted by molar-refractivity contribution is 0.523. The molecule has 1 unspecified atom stereocenters. The summed E-state index contributed by atoms with van der Waals surface area (Å²) in [6, 6.07) is 4.40. The zero-order valence-electron chi connectivity index (χ0n) is 6.16. The van der Waals surface area contributed by atoms with Gasteiger partial charge in [0.15, 0.2) is 0 Å². The van der Waals surface area contributed by atoms with Gasteiger partial charge in [0.25, 0.3) is 0 Å². The van der Waals surface area contributed by atoms with Crippen LogP contribution in [0.15, 0.2) is 17.5 Å². The van der Waals surface area contributed by atoms with Crippen molar-refractivity contribution in [2.75, 3.05) is 13.1 Å². The number of rotatable bonds is 3. The highest BCUT2D eigenvalue weighted by Gasteiger charge is 2.27. The maximum atomic E-state index is 7.25. The van der Waals surface area contributed by atoms with E-state index in [2.05, 4.69) is 16.3 Å². The predicted molar refractivity (Wildman–Crippen MR) is 47.4 cm³/mol. The molecule has 3 heteroatoms. The normalized spacial score (nSPS) is 19.6. The first kappa shape index (κ1) is 7.00. The smallest absolute Gasteiger partial charge is 0.0793 e. The molecule has 1 fully saturated rings. The summed E-state index contributed by atoms with van der Waals surface area (Å²) in [5, 5.41) is 9.31. The summed E-state index contributed by atoms with van der Waals surface area (Å²) in [6.07, 6.45) is 1.53. The van der Waals surface area contributed by atoms with Crippen LogP contribution < -0.4 is 0 Å². The van der Waals surface area contributed by atoms with Gasteiger partial charge in [-0.1, -0.05) is 6.07 Å². The van der Waals surface area contributed by atoms with Gasteiger partial charge in [-0.25, -0.2) is 0 Å². The molecular weight excluding hydrogens is 156 g/mol. The van der Waals surface area contributed by atoms with Crippen molar-refractivity contribution in [3.8, 4) is 0 Å². The van der Waals surface area contributed by atoms with Crippen molar-refractivity contribution < 1.29 is 0 Å². The summed E-state index contributed by atoms with van der Waals surface area (Å²) in [5.74, 6) is 0. The second kappa shape index (κ2) is 2.75. The molecule has 1 aromatic rings. The Labute approximate surface area is 70.0 Å². The van der Waals surface area contributed by atoms with Gasteiger partial charge < -0.3 is 5.41 Å². The van der Waals surface area contributed by atoms with Crippen LogP contribution in [0.3, 0.4) is 0 Å². The molecule has 11 heavy (non-hydrogen) atoms. The van der Waals surface area contributed by atoms with Crippen LogP contribution >= 0.6 is 11.3 Å². The Hall–Kier alpha value is -0.670. The summed E-state index contributed by atoms with van der Waals surface area (Å²) in [5.41, 5.74) is 0. The third kappa shape index (κ3) is 1.34. The van der Waals surface area contributed by atoms with Crippen molar-refractivity contribution in [1.82, 2.24) is 4.90 Å². The monoisotopic (exact) mass is 166 g/mol. The van der Waals surface area contributed by atoms with Crippen LogP contribution in [0.1, 0.15) is 10.9 Å². The van der Waals surface area contributed by atoms with Crippen molar-refractivity contribution in [2.24, 2.45) is 0 Å². The van der Waals surface area contributed by atoms with E-state index >= 15 is 0 Å². The van der Waals surface area contributed by atoms with Crippen LogP contribution in [-0.2, 0) is 0 Å². The van der Waals surface area contributed by atoms with Gasteiger partial charge >= 0.3 is 0 Å². The Balaban J connectivity index is 2.17. The van der Waals surface area contributed by atoms with Gasteiger partial charge in [0, 0.05) is 24.2 Å². The zero-order valence-corrected chi connectivity index (χ0v) is 6.97.